The van der Waals surface area contributed by atoms with Gasteiger partial charge in [0.15, 0.2) is 0 Å². The van der Waals surface area contributed by atoms with E-state index >= 15 is 0 Å². The Morgan fingerprint density at radius 1 is 0.711 bits per heavy atom. The van der Waals surface area contributed by atoms with Gasteiger partial charge in [0.05, 0.1) is 6.21 Å². The molecule has 0 unspecified atom stereocenters. The van der Waals surface area contributed by atoms with E-state index in [0.717, 1.165) is 28.4 Å². The summed E-state index contributed by atoms with van der Waals surface area (Å²) in [5.74, 6) is 2.41. The third-order valence-corrected chi connectivity index (χ3v) is 7.15. The minimum atomic E-state index is -0.236. The molecule has 0 spiro atoms. The SMILES string of the molecule is O=C(N/N=C/c1ccc(OCc2ccc3ccccc3c2)cc1)c1ccc(CSCc2ccccc2)cc1. The molecule has 1 N–H and O–H groups in total. The standard InChI is InChI=1S/C33H28N2O2S/c36-33(30-16-10-27(11-17-30)24-38-23-26-6-2-1-3-7-26)35-34-21-25-13-18-32(19-14-25)37-22-28-12-15-29-8-4-5-9-31(29)20-28/h1-21H,22-24H2,(H,35,36)/b34-21+. The summed E-state index contributed by atoms with van der Waals surface area (Å²) in [5, 5.41) is 6.53. The fourth-order valence-corrected chi connectivity index (χ4v) is 4.95. The van der Waals surface area contributed by atoms with Crippen LogP contribution >= 0.6 is 11.8 Å². The molecule has 0 saturated carbocycles. The van der Waals surface area contributed by atoms with Crippen molar-refractivity contribution in [2.75, 3.05) is 0 Å². The second-order valence-electron chi connectivity index (χ2n) is 8.91. The van der Waals surface area contributed by atoms with Crippen LogP contribution in [0.25, 0.3) is 10.8 Å². The average molecular weight is 517 g/mol. The van der Waals surface area contributed by atoms with Crippen LogP contribution in [0.3, 0.4) is 0 Å². The van der Waals surface area contributed by atoms with E-state index in [-0.39, 0.29) is 5.91 Å². The Kier molecular flexibility index (Phi) is 8.49. The summed E-state index contributed by atoms with van der Waals surface area (Å²) in [6.07, 6.45) is 1.62. The predicted molar refractivity (Wildman–Crippen MR) is 158 cm³/mol. The lowest BCUT2D eigenvalue weighted by molar-refractivity contribution is 0.0955. The molecule has 0 heterocycles. The van der Waals surface area contributed by atoms with Gasteiger partial charge in [-0.3, -0.25) is 4.79 Å². The molecule has 4 nitrogen and oxygen atoms in total. The minimum Gasteiger partial charge on any atom is -0.489 e. The Bertz CT molecular complexity index is 1520. The highest BCUT2D eigenvalue weighted by Crippen LogP contribution is 2.19. The van der Waals surface area contributed by atoms with Crippen molar-refractivity contribution in [2.45, 2.75) is 18.1 Å². The fraction of sp³-hybridized carbons (Fsp3) is 0.0909. The Balaban J connectivity index is 1.07. The lowest BCUT2D eigenvalue weighted by Gasteiger charge is -2.08. The van der Waals surface area contributed by atoms with E-state index < -0.39 is 0 Å². The van der Waals surface area contributed by atoms with Crippen LogP contribution in [0.4, 0.5) is 0 Å². The second-order valence-corrected chi connectivity index (χ2v) is 9.90. The van der Waals surface area contributed by atoms with Crippen molar-refractivity contribution in [3.63, 3.8) is 0 Å². The van der Waals surface area contributed by atoms with Crippen LogP contribution < -0.4 is 10.2 Å². The molecule has 0 saturated heterocycles. The van der Waals surface area contributed by atoms with Crippen molar-refractivity contribution in [3.05, 3.63) is 149 Å². The normalized spacial score (nSPS) is 11.1. The van der Waals surface area contributed by atoms with Crippen LogP contribution in [0.2, 0.25) is 0 Å². The molecule has 5 heteroatoms. The largest absolute Gasteiger partial charge is 0.489 e. The number of carbonyl (C=O) groups is 1. The van der Waals surface area contributed by atoms with Gasteiger partial charge < -0.3 is 4.74 Å². The number of hydrazone groups is 1. The average Bonchev–Trinajstić information content (AvgIpc) is 2.97. The van der Waals surface area contributed by atoms with Crippen LogP contribution in [-0.2, 0) is 18.1 Å². The van der Waals surface area contributed by atoms with Gasteiger partial charge in [0, 0.05) is 17.1 Å². The topological polar surface area (TPSA) is 50.7 Å². The van der Waals surface area contributed by atoms with Gasteiger partial charge in [-0.1, -0.05) is 78.9 Å². The molecule has 5 aromatic carbocycles. The van der Waals surface area contributed by atoms with Gasteiger partial charge in [-0.15, -0.1) is 0 Å². The molecule has 0 bridgehead atoms. The molecule has 38 heavy (non-hydrogen) atoms. The first-order valence-electron chi connectivity index (χ1n) is 12.5. The number of nitrogens with one attached hydrogen (secondary N) is 1. The molecule has 0 aliphatic carbocycles. The van der Waals surface area contributed by atoms with Gasteiger partial charge in [0.1, 0.15) is 12.4 Å². The summed E-state index contributed by atoms with van der Waals surface area (Å²) in [6.45, 7) is 0.499. The Morgan fingerprint density at radius 2 is 1.37 bits per heavy atom. The molecular weight excluding hydrogens is 488 g/mol. The van der Waals surface area contributed by atoms with Crippen LogP contribution in [0.1, 0.15) is 32.6 Å². The molecule has 0 aromatic heterocycles. The number of benzene rings is 5. The van der Waals surface area contributed by atoms with E-state index in [9.17, 15) is 4.79 Å². The Labute approximate surface area is 227 Å². The third kappa shape index (κ3) is 7.11. The smallest absolute Gasteiger partial charge is 0.271 e. The number of hydrogen-bond donors (Lipinski definition) is 1. The van der Waals surface area contributed by atoms with Gasteiger partial charge in [-0.25, -0.2) is 5.43 Å². The highest BCUT2D eigenvalue weighted by molar-refractivity contribution is 7.97. The molecule has 0 aliphatic rings. The summed E-state index contributed by atoms with van der Waals surface area (Å²) < 4.78 is 5.94. The van der Waals surface area contributed by atoms with Crippen LogP contribution in [0.5, 0.6) is 5.75 Å². The molecule has 1 amide bonds. The molecule has 188 valence electrons. The number of ether oxygens (including phenoxy) is 1. The van der Waals surface area contributed by atoms with Gasteiger partial charge in [0.2, 0.25) is 0 Å². The number of hydrogen-bond acceptors (Lipinski definition) is 4. The summed E-state index contributed by atoms with van der Waals surface area (Å²) in [6, 6.07) is 40.3. The lowest BCUT2D eigenvalue weighted by atomic mass is 10.1. The van der Waals surface area contributed by atoms with Crippen molar-refractivity contribution in [1.82, 2.24) is 5.43 Å². The summed E-state index contributed by atoms with van der Waals surface area (Å²) in [7, 11) is 0. The monoisotopic (exact) mass is 516 g/mol. The first-order chi connectivity index (χ1) is 18.7. The van der Waals surface area contributed by atoms with Gasteiger partial charge in [-0.2, -0.15) is 16.9 Å². The zero-order valence-electron chi connectivity index (χ0n) is 20.9. The zero-order chi connectivity index (χ0) is 26.0. The van der Waals surface area contributed by atoms with E-state index in [0.29, 0.717) is 12.2 Å². The van der Waals surface area contributed by atoms with Crippen LogP contribution in [0, 0.1) is 0 Å². The number of amides is 1. The molecular formula is C33H28N2O2S. The number of thioether (sulfide) groups is 1. The number of carbonyl (C=O) groups excluding carboxylic acids is 1. The summed E-state index contributed by atoms with van der Waals surface area (Å²) in [5.41, 5.74) is 7.68. The maximum atomic E-state index is 12.5. The van der Waals surface area contributed by atoms with E-state index in [4.69, 9.17) is 4.74 Å². The fourth-order valence-electron chi connectivity index (χ4n) is 3.99. The molecule has 0 aliphatic heterocycles. The van der Waals surface area contributed by atoms with Crippen LogP contribution in [0.15, 0.2) is 126 Å². The maximum absolute atomic E-state index is 12.5. The number of fused-ring (bicyclic) bond motifs is 1. The third-order valence-electron chi connectivity index (χ3n) is 6.08. The van der Waals surface area contributed by atoms with Gasteiger partial charge in [-0.05, 0) is 75.5 Å². The van der Waals surface area contributed by atoms with Crippen molar-refractivity contribution in [2.24, 2.45) is 5.10 Å². The first-order valence-corrected chi connectivity index (χ1v) is 13.6. The molecule has 0 fully saturated rings. The quantitative estimate of drug-likeness (QED) is 0.153. The second kappa shape index (κ2) is 12.7. The first kappa shape index (κ1) is 25.3. The van der Waals surface area contributed by atoms with Crippen molar-refractivity contribution < 1.29 is 9.53 Å². The highest BCUT2D eigenvalue weighted by Gasteiger charge is 2.05. The molecule has 5 aromatic rings. The van der Waals surface area contributed by atoms with E-state index in [2.05, 4.69) is 65.1 Å². The van der Waals surface area contributed by atoms with Crippen LogP contribution in [-0.4, -0.2) is 12.1 Å². The van der Waals surface area contributed by atoms with Crippen molar-refractivity contribution in [3.8, 4) is 5.75 Å². The van der Waals surface area contributed by atoms with Gasteiger partial charge >= 0.3 is 0 Å². The minimum absolute atomic E-state index is 0.236. The Morgan fingerprint density at radius 3 is 2.13 bits per heavy atom. The number of nitrogens with zero attached hydrogens (tertiary/aromatic N) is 1. The lowest BCUT2D eigenvalue weighted by Crippen LogP contribution is -2.17. The molecule has 5 rings (SSSR count). The predicted octanol–water partition coefficient (Wildman–Crippen LogP) is 7.62. The highest BCUT2D eigenvalue weighted by atomic mass is 32.2. The zero-order valence-corrected chi connectivity index (χ0v) is 21.7. The van der Waals surface area contributed by atoms with E-state index in [1.165, 1.54) is 21.9 Å². The summed E-state index contributed by atoms with van der Waals surface area (Å²) in [4.78, 5) is 12.5. The Hall–Kier alpha value is -4.35. The van der Waals surface area contributed by atoms with E-state index in [1.807, 2.05) is 78.5 Å². The maximum Gasteiger partial charge on any atom is 0.271 e. The summed E-state index contributed by atoms with van der Waals surface area (Å²) >= 11 is 1.86. The molecule has 0 atom stereocenters. The van der Waals surface area contributed by atoms with Crippen molar-refractivity contribution >= 4 is 34.7 Å². The van der Waals surface area contributed by atoms with E-state index in [1.54, 1.807) is 6.21 Å². The van der Waals surface area contributed by atoms with Crippen molar-refractivity contribution in [1.29, 1.82) is 0 Å². The number of rotatable bonds is 10. The van der Waals surface area contributed by atoms with Gasteiger partial charge in [0.25, 0.3) is 5.91 Å². The molecule has 0 radical (unpaired) electrons.